The normalized spacial score (nSPS) is 22.1. The van der Waals surface area contributed by atoms with Crippen LogP contribution >= 0.6 is 0 Å². The van der Waals surface area contributed by atoms with E-state index in [1.165, 1.54) is 0 Å². The van der Waals surface area contributed by atoms with E-state index in [1.54, 1.807) is 26.0 Å². The number of aliphatic imine (C=N–C) groups is 1. The molecule has 0 bridgehead atoms. The fourth-order valence-corrected chi connectivity index (χ4v) is 5.32. The molecule has 1 amide bonds. The van der Waals surface area contributed by atoms with Crippen LogP contribution in [0.4, 0.5) is 5.95 Å². The minimum absolute atomic E-state index is 0.0443. The molecule has 2 heterocycles. The van der Waals surface area contributed by atoms with Crippen LogP contribution < -0.4 is 5.32 Å². The van der Waals surface area contributed by atoms with Crippen molar-refractivity contribution in [2.24, 2.45) is 10.9 Å². The van der Waals surface area contributed by atoms with Crippen LogP contribution in [0.15, 0.2) is 17.8 Å². The van der Waals surface area contributed by atoms with Gasteiger partial charge in [0.05, 0.1) is 17.4 Å². The number of nitrogens with one attached hydrogen (secondary N) is 1. The maximum absolute atomic E-state index is 11.9. The predicted molar refractivity (Wildman–Crippen MR) is 153 cm³/mol. The van der Waals surface area contributed by atoms with Crippen LogP contribution in [-0.2, 0) is 9.53 Å². The largest absolute Gasteiger partial charge is 0.474 e. The molecule has 2 aliphatic rings. The molecule has 212 valence electrons. The molecule has 0 aromatic carbocycles. The van der Waals surface area contributed by atoms with E-state index in [2.05, 4.69) is 40.6 Å². The third-order valence-corrected chi connectivity index (χ3v) is 7.77. The number of nitrogens with zero attached hydrogens (tertiary/aromatic N) is 5. The van der Waals surface area contributed by atoms with Crippen LogP contribution in [0, 0.1) is 5.92 Å². The van der Waals surface area contributed by atoms with Crippen molar-refractivity contribution in [3.63, 3.8) is 0 Å². The molecule has 1 aliphatic heterocycles. The highest BCUT2D eigenvalue weighted by Gasteiger charge is 2.28. The lowest BCUT2D eigenvalue weighted by molar-refractivity contribution is -0.129. The number of amides is 1. The topological polar surface area (TPSA) is 103 Å². The van der Waals surface area contributed by atoms with Gasteiger partial charge >= 0.3 is 0 Å². The fourth-order valence-electron chi connectivity index (χ4n) is 5.32. The van der Waals surface area contributed by atoms with Gasteiger partial charge in [0.15, 0.2) is 0 Å². The summed E-state index contributed by atoms with van der Waals surface area (Å²) in [4.78, 5) is 30.0. The van der Waals surface area contributed by atoms with E-state index in [-0.39, 0.29) is 30.1 Å². The van der Waals surface area contributed by atoms with Gasteiger partial charge < -0.3 is 25.0 Å². The molecule has 2 fully saturated rings. The summed E-state index contributed by atoms with van der Waals surface area (Å²) in [5.74, 6) is 1.56. The van der Waals surface area contributed by atoms with E-state index in [9.17, 15) is 9.90 Å². The van der Waals surface area contributed by atoms with Crippen molar-refractivity contribution in [1.82, 2.24) is 19.8 Å². The minimum atomic E-state index is -0.223. The quantitative estimate of drug-likeness (QED) is 0.331. The van der Waals surface area contributed by atoms with Gasteiger partial charge in [-0.1, -0.05) is 19.9 Å². The number of aliphatic hydroxyl groups is 1. The molecule has 1 aromatic heterocycles. The summed E-state index contributed by atoms with van der Waals surface area (Å²) in [5.41, 5.74) is 2.52. The van der Waals surface area contributed by atoms with Gasteiger partial charge in [-0.3, -0.25) is 9.79 Å². The van der Waals surface area contributed by atoms with E-state index in [4.69, 9.17) is 9.72 Å². The molecule has 9 nitrogen and oxygen atoms in total. The van der Waals surface area contributed by atoms with Gasteiger partial charge in [0.1, 0.15) is 6.10 Å². The molecule has 1 unspecified atom stereocenters. The van der Waals surface area contributed by atoms with Crippen LogP contribution in [0.1, 0.15) is 82.9 Å². The molecule has 0 spiro atoms. The lowest BCUT2D eigenvalue weighted by Crippen LogP contribution is -2.39. The number of carbonyl (C=O) groups excluding carboxylic acids is 1. The second-order valence-electron chi connectivity index (χ2n) is 11.0. The Bertz CT molecular complexity index is 950. The number of likely N-dealkylation sites (tertiary alicyclic amines) is 1. The number of rotatable bonds is 11. The third kappa shape index (κ3) is 8.50. The minimum Gasteiger partial charge on any atom is -0.474 e. The molecule has 1 saturated heterocycles. The van der Waals surface area contributed by atoms with E-state index in [0.717, 1.165) is 87.8 Å². The van der Waals surface area contributed by atoms with Gasteiger partial charge in [0.25, 0.3) is 0 Å². The molecule has 1 atom stereocenters. The van der Waals surface area contributed by atoms with Gasteiger partial charge in [0.2, 0.25) is 17.8 Å². The zero-order valence-electron chi connectivity index (χ0n) is 24.1. The van der Waals surface area contributed by atoms with E-state index in [1.807, 2.05) is 6.20 Å². The lowest BCUT2D eigenvalue weighted by Gasteiger charge is -2.32. The monoisotopic (exact) mass is 528 g/mol. The molecule has 1 aliphatic carbocycles. The number of ether oxygens (including phenoxy) is 1. The summed E-state index contributed by atoms with van der Waals surface area (Å²) in [6.07, 6.45) is 9.41. The Labute approximate surface area is 228 Å². The number of hydrogen-bond donors (Lipinski definition) is 2. The van der Waals surface area contributed by atoms with Crippen molar-refractivity contribution in [3.05, 3.63) is 24.0 Å². The van der Waals surface area contributed by atoms with Crippen molar-refractivity contribution >= 4 is 23.3 Å². The first-order chi connectivity index (χ1) is 18.2. The average molecular weight is 529 g/mol. The Morgan fingerprint density at radius 1 is 1.26 bits per heavy atom. The summed E-state index contributed by atoms with van der Waals surface area (Å²) in [6, 6.07) is 0.269. The smallest absolute Gasteiger partial charge is 0.223 e. The number of hydrogen-bond acceptors (Lipinski definition) is 8. The van der Waals surface area contributed by atoms with E-state index in [0.29, 0.717) is 18.3 Å². The Morgan fingerprint density at radius 3 is 2.55 bits per heavy atom. The maximum atomic E-state index is 11.9. The highest BCUT2D eigenvalue weighted by atomic mass is 16.5. The fraction of sp³-hybridized carbons (Fsp3) is 0.724. The first-order valence-electron chi connectivity index (χ1n) is 14.3. The summed E-state index contributed by atoms with van der Waals surface area (Å²) >= 11 is 0. The summed E-state index contributed by atoms with van der Waals surface area (Å²) in [6.45, 7) is 11.3. The summed E-state index contributed by atoms with van der Waals surface area (Å²) in [5, 5.41) is 13.4. The highest BCUT2D eigenvalue weighted by molar-refractivity contribution is 5.98. The van der Waals surface area contributed by atoms with Crippen molar-refractivity contribution in [3.8, 4) is 0 Å². The lowest BCUT2D eigenvalue weighted by atomic mass is 9.81. The zero-order chi connectivity index (χ0) is 27.7. The first-order valence-corrected chi connectivity index (χ1v) is 14.3. The molecular formula is C29H48N6O3. The van der Waals surface area contributed by atoms with E-state index >= 15 is 0 Å². The number of aliphatic hydroxyl groups excluding tert-OH is 1. The van der Waals surface area contributed by atoms with Crippen LogP contribution in [0.5, 0.6) is 0 Å². The summed E-state index contributed by atoms with van der Waals surface area (Å²) < 4.78 is 6.46. The highest BCUT2D eigenvalue weighted by Crippen LogP contribution is 2.35. The Kier molecular flexibility index (Phi) is 11.5. The SMILES string of the molecule is C=C(c1nc(NC(C)CCC)ncc1C(=NC)OC1CCN(CCC(=O)N(C)C)CC1)C1CCC(O)CC1. The molecule has 1 aromatic rings. The number of allylic oxidation sites excluding steroid dienone is 1. The Morgan fingerprint density at radius 2 is 1.95 bits per heavy atom. The van der Waals surface area contributed by atoms with E-state index < -0.39 is 0 Å². The van der Waals surface area contributed by atoms with Crippen LogP contribution in [-0.4, -0.2) is 95.7 Å². The number of aromatic nitrogens is 2. The number of anilines is 1. The molecule has 9 heteroatoms. The van der Waals surface area contributed by atoms with Crippen molar-refractivity contribution in [2.45, 2.75) is 89.9 Å². The van der Waals surface area contributed by atoms with Gasteiger partial charge in [-0.05, 0) is 63.4 Å². The van der Waals surface area contributed by atoms with Gasteiger partial charge in [-0.25, -0.2) is 9.97 Å². The predicted octanol–water partition coefficient (Wildman–Crippen LogP) is 3.98. The summed E-state index contributed by atoms with van der Waals surface area (Å²) in [7, 11) is 5.34. The second-order valence-corrected chi connectivity index (χ2v) is 11.0. The standard InChI is InChI=1S/C29H48N6O3/c1-7-8-20(2)32-29-31-19-25(27(33-29)21(3)22-9-11-23(36)12-10-22)28(30-4)38-24-13-16-35(17-14-24)18-15-26(37)34(5)6/h19-20,22-24,36H,3,7-18H2,1-2,4-6H3,(H,31,32,33). The number of carbonyl (C=O) groups is 1. The van der Waals surface area contributed by atoms with Gasteiger partial charge in [-0.2, -0.15) is 0 Å². The van der Waals surface area contributed by atoms with Crippen LogP contribution in [0.25, 0.3) is 5.57 Å². The second kappa shape index (κ2) is 14.6. The van der Waals surface area contributed by atoms with Crippen LogP contribution in [0.3, 0.4) is 0 Å². The van der Waals surface area contributed by atoms with Crippen molar-refractivity contribution in [2.75, 3.05) is 46.1 Å². The Balaban J connectivity index is 1.72. The number of piperidine rings is 1. The van der Waals surface area contributed by atoms with Gasteiger partial charge in [-0.15, -0.1) is 0 Å². The molecule has 1 saturated carbocycles. The molecule has 0 radical (unpaired) electrons. The zero-order valence-corrected chi connectivity index (χ0v) is 24.1. The van der Waals surface area contributed by atoms with Crippen molar-refractivity contribution in [1.29, 1.82) is 0 Å². The molecule has 3 rings (SSSR count). The first kappa shape index (κ1) is 30.0. The third-order valence-electron chi connectivity index (χ3n) is 7.77. The van der Waals surface area contributed by atoms with Gasteiger partial charge in [0, 0.05) is 59.4 Å². The molecular weight excluding hydrogens is 480 g/mol. The maximum Gasteiger partial charge on any atom is 0.223 e. The Hall–Kier alpha value is -2.52. The van der Waals surface area contributed by atoms with Crippen LogP contribution in [0.2, 0.25) is 0 Å². The average Bonchev–Trinajstić information content (AvgIpc) is 2.91. The van der Waals surface area contributed by atoms with Crippen molar-refractivity contribution < 1.29 is 14.6 Å². The molecule has 38 heavy (non-hydrogen) atoms. The molecule has 2 N–H and O–H groups in total.